The molecule has 142 valence electrons. The van der Waals surface area contributed by atoms with Gasteiger partial charge < -0.3 is 9.88 Å². The zero-order valence-corrected chi connectivity index (χ0v) is 16.1. The molecule has 27 heavy (non-hydrogen) atoms. The molecule has 0 spiro atoms. The maximum Gasteiger partial charge on any atom is 0.221 e. The Morgan fingerprint density at radius 1 is 1.15 bits per heavy atom. The lowest BCUT2D eigenvalue weighted by molar-refractivity contribution is -0.130. The Bertz CT molecular complexity index is 790. The van der Waals surface area contributed by atoms with Crippen molar-refractivity contribution in [3.05, 3.63) is 54.1 Å². The molecule has 0 radical (unpaired) electrons. The fourth-order valence-corrected chi connectivity index (χ4v) is 6.66. The molecule has 1 aromatic carbocycles. The van der Waals surface area contributed by atoms with Crippen molar-refractivity contribution in [2.75, 3.05) is 0 Å². The van der Waals surface area contributed by atoms with Crippen molar-refractivity contribution in [1.82, 2.24) is 14.9 Å². The lowest BCUT2D eigenvalue weighted by Gasteiger charge is -2.56. The third-order valence-corrected chi connectivity index (χ3v) is 7.26. The second kappa shape index (κ2) is 6.50. The van der Waals surface area contributed by atoms with Crippen LogP contribution < -0.4 is 5.32 Å². The van der Waals surface area contributed by atoms with Crippen LogP contribution in [0.4, 0.5) is 0 Å². The van der Waals surface area contributed by atoms with Gasteiger partial charge in [0.05, 0.1) is 0 Å². The summed E-state index contributed by atoms with van der Waals surface area (Å²) >= 11 is 0. The molecular formula is C23H29N3O. The largest absolute Gasteiger partial charge is 0.342 e. The normalized spacial score (nSPS) is 32.4. The van der Waals surface area contributed by atoms with Crippen molar-refractivity contribution < 1.29 is 4.79 Å². The lowest BCUT2D eigenvalue weighted by atomic mass is 9.49. The minimum atomic E-state index is -0.187. The summed E-state index contributed by atoms with van der Waals surface area (Å²) in [6, 6.07) is 10.0. The second-order valence-corrected chi connectivity index (χ2v) is 9.40. The summed E-state index contributed by atoms with van der Waals surface area (Å²) in [5.74, 6) is 3.71. The Kier molecular flexibility index (Phi) is 4.10. The Balaban J connectivity index is 1.36. The van der Waals surface area contributed by atoms with Crippen LogP contribution in [-0.2, 0) is 11.8 Å². The number of aromatic nitrogens is 2. The van der Waals surface area contributed by atoms with Gasteiger partial charge in [-0.3, -0.25) is 4.79 Å². The molecule has 0 aliphatic heterocycles. The quantitative estimate of drug-likeness (QED) is 0.864. The molecule has 1 heterocycles. The van der Waals surface area contributed by atoms with Crippen molar-refractivity contribution in [3.8, 4) is 0 Å². The fraction of sp³-hybridized carbons (Fsp3) is 0.565. The molecule has 4 bridgehead atoms. The molecule has 1 N–H and O–H groups in total. The number of hydrogen-bond acceptors (Lipinski definition) is 2. The minimum absolute atomic E-state index is 0.187. The summed E-state index contributed by atoms with van der Waals surface area (Å²) in [5, 5.41) is 3.33. The van der Waals surface area contributed by atoms with Crippen molar-refractivity contribution in [2.24, 2.45) is 30.2 Å². The van der Waals surface area contributed by atoms with Crippen molar-refractivity contribution in [1.29, 1.82) is 0 Å². The molecule has 4 aliphatic carbocycles. The summed E-state index contributed by atoms with van der Waals surface area (Å²) in [6.07, 6.45) is 12.5. The lowest BCUT2D eigenvalue weighted by Crippen LogP contribution is -2.48. The molecule has 0 saturated heterocycles. The predicted octanol–water partition coefficient (Wildman–Crippen LogP) is 4.23. The highest BCUT2D eigenvalue weighted by Crippen LogP contribution is 2.61. The highest BCUT2D eigenvalue weighted by atomic mass is 16.1. The van der Waals surface area contributed by atoms with E-state index in [1.165, 1.54) is 38.5 Å². The van der Waals surface area contributed by atoms with E-state index in [0.717, 1.165) is 29.1 Å². The molecule has 1 aromatic heterocycles. The highest BCUT2D eigenvalue weighted by Gasteiger charge is 2.51. The standard InChI is InChI=1S/C23H29N3O/c1-26-8-7-24-22(26)21(19-5-3-2-4-6-19)25-20(27)15-23-12-16-9-17(13-23)11-18(10-16)14-23/h2-8,16-18,21H,9-15H2,1H3,(H,25,27)/t16?,17?,18?,21-,23?/m1/s1. The van der Waals surface area contributed by atoms with E-state index in [1.54, 1.807) is 6.20 Å². The van der Waals surface area contributed by atoms with Gasteiger partial charge in [0.2, 0.25) is 5.91 Å². The number of nitrogens with one attached hydrogen (secondary N) is 1. The topological polar surface area (TPSA) is 46.9 Å². The van der Waals surface area contributed by atoms with E-state index in [-0.39, 0.29) is 17.4 Å². The molecule has 4 saturated carbocycles. The van der Waals surface area contributed by atoms with Crippen molar-refractivity contribution in [2.45, 2.75) is 51.0 Å². The first-order valence-corrected chi connectivity index (χ1v) is 10.4. The van der Waals surface area contributed by atoms with Crippen LogP contribution in [0.15, 0.2) is 42.7 Å². The molecule has 4 aliphatic rings. The van der Waals surface area contributed by atoms with Crippen LogP contribution in [0, 0.1) is 23.2 Å². The molecular weight excluding hydrogens is 334 g/mol. The number of benzene rings is 1. The molecule has 1 amide bonds. The molecule has 2 aromatic rings. The van der Waals surface area contributed by atoms with Gasteiger partial charge in [0.1, 0.15) is 11.9 Å². The van der Waals surface area contributed by atoms with Crippen LogP contribution in [0.2, 0.25) is 0 Å². The predicted molar refractivity (Wildman–Crippen MR) is 105 cm³/mol. The summed E-state index contributed by atoms with van der Waals surface area (Å²) in [6.45, 7) is 0. The second-order valence-electron chi connectivity index (χ2n) is 9.40. The Morgan fingerprint density at radius 3 is 2.33 bits per heavy atom. The fourth-order valence-electron chi connectivity index (χ4n) is 6.66. The number of amides is 1. The SMILES string of the molecule is Cn1ccnc1[C@H](NC(=O)CC12CC3CC(CC(C3)C1)C2)c1ccccc1. The number of nitrogens with zero attached hydrogens (tertiary/aromatic N) is 2. The van der Waals surface area contributed by atoms with Crippen LogP contribution in [0.3, 0.4) is 0 Å². The Morgan fingerprint density at radius 2 is 1.78 bits per heavy atom. The number of carbonyl (C=O) groups is 1. The average molecular weight is 364 g/mol. The molecule has 6 rings (SSSR count). The van der Waals surface area contributed by atoms with Gasteiger partial charge in [0, 0.05) is 25.9 Å². The number of aryl methyl sites for hydroxylation is 1. The molecule has 1 atom stereocenters. The third kappa shape index (κ3) is 3.19. The number of rotatable bonds is 5. The van der Waals surface area contributed by atoms with Gasteiger partial charge in [-0.1, -0.05) is 30.3 Å². The highest BCUT2D eigenvalue weighted by molar-refractivity contribution is 5.77. The van der Waals surface area contributed by atoms with Gasteiger partial charge in [-0.15, -0.1) is 0 Å². The van der Waals surface area contributed by atoms with Gasteiger partial charge >= 0.3 is 0 Å². The Labute approximate surface area is 161 Å². The van der Waals surface area contributed by atoms with Gasteiger partial charge in [0.15, 0.2) is 0 Å². The van der Waals surface area contributed by atoms with Gasteiger partial charge in [-0.05, 0) is 67.3 Å². The number of imidazole rings is 1. The van der Waals surface area contributed by atoms with E-state index in [1.807, 2.05) is 36.0 Å². The van der Waals surface area contributed by atoms with Gasteiger partial charge in [-0.25, -0.2) is 4.98 Å². The molecule has 4 heteroatoms. The number of carbonyl (C=O) groups excluding carboxylic acids is 1. The molecule has 4 nitrogen and oxygen atoms in total. The summed E-state index contributed by atoms with van der Waals surface area (Å²) < 4.78 is 2.00. The van der Waals surface area contributed by atoms with Gasteiger partial charge in [-0.2, -0.15) is 0 Å². The molecule has 0 unspecified atom stereocenters. The number of hydrogen-bond donors (Lipinski definition) is 1. The Hall–Kier alpha value is -2.10. The van der Waals surface area contributed by atoms with E-state index in [2.05, 4.69) is 22.4 Å². The van der Waals surface area contributed by atoms with Gasteiger partial charge in [0.25, 0.3) is 0 Å². The van der Waals surface area contributed by atoms with E-state index in [0.29, 0.717) is 6.42 Å². The van der Waals surface area contributed by atoms with E-state index < -0.39 is 0 Å². The first-order chi connectivity index (χ1) is 13.1. The monoisotopic (exact) mass is 363 g/mol. The first kappa shape index (κ1) is 17.0. The average Bonchev–Trinajstić information content (AvgIpc) is 3.04. The molecule has 4 fully saturated rings. The zero-order chi connectivity index (χ0) is 18.4. The van der Waals surface area contributed by atoms with E-state index in [9.17, 15) is 4.79 Å². The van der Waals surface area contributed by atoms with Crippen LogP contribution in [0.5, 0.6) is 0 Å². The van der Waals surface area contributed by atoms with E-state index in [4.69, 9.17) is 0 Å². The maximum absolute atomic E-state index is 13.2. The van der Waals surface area contributed by atoms with E-state index >= 15 is 0 Å². The third-order valence-electron chi connectivity index (χ3n) is 7.26. The summed E-state index contributed by atoms with van der Waals surface area (Å²) in [4.78, 5) is 17.7. The van der Waals surface area contributed by atoms with Crippen LogP contribution >= 0.6 is 0 Å². The summed E-state index contributed by atoms with van der Waals surface area (Å²) in [7, 11) is 1.99. The smallest absolute Gasteiger partial charge is 0.221 e. The van der Waals surface area contributed by atoms with Crippen LogP contribution in [0.1, 0.15) is 62.4 Å². The van der Waals surface area contributed by atoms with Crippen molar-refractivity contribution >= 4 is 5.91 Å². The van der Waals surface area contributed by atoms with Crippen LogP contribution in [-0.4, -0.2) is 15.5 Å². The van der Waals surface area contributed by atoms with Crippen molar-refractivity contribution in [3.63, 3.8) is 0 Å². The van der Waals surface area contributed by atoms with Crippen LogP contribution in [0.25, 0.3) is 0 Å². The minimum Gasteiger partial charge on any atom is -0.342 e. The first-order valence-electron chi connectivity index (χ1n) is 10.4. The zero-order valence-electron chi connectivity index (χ0n) is 16.1. The summed E-state index contributed by atoms with van der Waals surface area (Å²) in [5.41, 5.74) is 1.35. The maximum atomic E-state index is 13.2.